The lowest BCUT2D eigenvalue weighted by Gasteiger charge is -2.15. The van der Waals surface area contributed by atoms with Gasteiger partial charge in [-0.3, -0.25) is 4.57 Å². The molecule has 0 aliphatic carbocycles. The molecule has 2 aromatic rings. The predicted octanol–water partition coefficient (Wildman–Crippen LogP) is 1.07. The van der Waals surface area contributed by atoms with Gasteiger partial charge in [0.15, 0.2) is 0 Å². The van der Waals surface area contributed by atoms with Gasteiger partial charge in [0.2, 0.25) is 11.9 Å². The van der Waals surface area contributed by atoms with E-state index in [2.05, 4.69) is 0 Å². The zero-order valence-electron chi connectivity index (χ0n) is 14.0. The van der Waals surface area contributed by atoms with Crippen LogP contribution in [0.25, 0.3) is 0 Å². The molecular weight excluding hydrogens is 328 g/mol. The van der Waals surface area contributed by atoms with Crippen LogP contribution in [0, 0.1) is 0 Å². The molecule has 25 heavy (non-hydrogen) atoms. The van der Waals surface area contributed by atoms with Crippen LogP contribution in [0.1, 0.15) is 25.5 Å². The summed E-state index contributed by atoms with van der Waals surface area (Å²) in [7, 11) is 0. The van der Waals surface area contributed by atoms with Crippen LogP contribution >= 0.6 is 0 Å². The third kappa shape index (κ3) is 4.09. The maximum Gasteiger partial charge on any atom is 0.341 e. The molecular formula is C17H20N2O6. The van der Waals surface area contributed by atoms with Gasteiger partial charge in [-0.25, -0.2) is 19.0 Å². The number of benzene rings is 1. The fourth-order valence-electron chi connectivity index (χ4n) is 2.38. The quantitative estimate of drug-likeness (QED) is 0.593. The summed E-state index contributed by atoms with van der Waals surface area (Å²) in [6.45, 7) is 3.37. The molecule has 0 unspecified atom stereocenters. The summed E-state index contributed by atoms with van der Waals surface area (Å²) in [6.07, 6.45) is 1.17. The third-order valence-electron chi connectivity index (χ3n) is 3.44. The van der Waals surface area contributed by atoms with Crippen molar-refractivity contribution in [2.24, 2.45) is 0 Å². The van der Waals surface area contributed by atoms with Crippen LogP contribution in [0.2, 0.25) is 0 Å². The molecule has 0 saturated carbocycles. The van der Waals surface area contributed by atoms with Gasteiger partial charge in [0.1, 0.15) is 0 Å². The van der Waals surface area contributed by atoms with Gasteiger partial charge >= 0.3 is 17.6 Å². The second kappa shape index (κ2) is 8.18. The summed E-state index contributed by atoms with van der Waals surface area (Å²) in [5.74, 6) is -2.45. The van der Waals surface area contributed by atoms with Crippen LogP contribution in [0.5, 0.6) is 5.88 Å². The Bertz CT molecular complexity index is 775. The maximum absolute atomic E-state index is 12.6. The Hall–Kier alpha value is -3.03. The molecule has 1 N–H and O–H groups in total. The first-order valence-corrected chi connectivity index (χ1v) is 7.87. The van der Waals surface area contributed by atoms with Crippen molar-refractivity contribution in [3.8, 4) is 5.88 Å². The molecule has 0 amide bonds. The summed E-state index contributed by atoms with van der Waals surface area (Å²) < 4.78 is 11.6. The van der Waals surface area contributed by atoms with Crippen molar-refractivity contribution in [1.82, 2.24) is 9.13 Å². The molecule has 134 valence electrons. The molecule has 1 aromatic carbocycles. The standard InChI is InChI=1S/C17H20N2O6/c1-3-24-15(21)14(16(22)25-4-2)19-13(20)11-18(17(19)23)10-12-8-6-5-7-9-12/h5-9,11,14,20H,3-4,10H2,1-2H3. The van der Waals surface area contributed by atoms with Crippen LogP contribution in [-0.2, 0) is 25.6 Å². The van der Waals surface area contributed by atoms with Crippen molar-refractivity contribution in [1.29, 1.82) is 0 Å². The van der Waals surface area contributed by atoms with Crippen LogP contribution < -0.4 is 5.69 Å². The van der Waals surface area contributed by atoms with Crippen LogP contribution in [0.4, 0.5) is 0 Å². The van der Waals surface area contributed by atoms with Gasteiger partial charge in [0, 0.05) is 0 Å². The van der Waals surface area contributed by atoms with E-state index in [1.807, 2.05) is 30.3 Å². The van der Waals surface area contributed by atoms with E-state index in [4.69, 9.17) is 9.47 Å². The average Bonchev–Trinajstić information content (AvgIpc) is 2.84. The number of aromatic hydroxyl groups is 1. The highest BCUT2D eigenvalue weighted by Crippen LogP contribution is 2.18. The van der Waals surface area contributed by atoms with Crippen molar-refractivity contribution in [3.63, 3.8) is 0 Å². The number of hydrogen-bond donors (Lipinski definition) is 1. The van der Waals surface area contributed by atoms with Gasteiger partial charge < -0.3 is 14.6 Å². The first-order chi connectivity index (χ1) is 12.0. The molecule has 0 fully saturated rings. The molecule has 2 rings (SSSR count). The van der Waals surface area contributed by atoms with Crippen LogP contribution in [-0.4, -0.2) is 39.4 Å². The molecule has 0 atom stereocenters. The fraction of sp³-hybridized carbons (Fsp3) is 0.353. The SMILES string of the molecule is CCOC(=O)C(C(=O)OCC)n1c(O)cn(Cc2ccccc2)c1=O. The number of carbonyl (C=O) groups excluding carboxylic acids is 2. The van der Waals surface area contributed by atoms with E-state index < -0.39 is 29.6 Å². The summed E-state index contributed by atoms with van der Waals surface area (Å²) in [5.41, 5.74) is 0.109. The smallest absolute Gasteiger partial charge is 0.341 e. The molecule has 8 nitrogen and oxygen atoms in total. The average molecular weight is 348 g/mol. The maximum atomic E-state index is 12.6. The van der Waals surface area contributed by atoms with Gasteiger partial charge in [-0.05, 0) is 19.4 Å². The number of esters is 2. The summed E-state index contributed by atoms with van der Waals surface area (Å²) in [6, 6.07) is 7.41. The van der Waals surface area contributed by atoms with E-state index in [0.717, 1.165) is 5.56 Å². The molecule has 1 aromatic heterocycles. The lowest BCUT2D eigenvalue weighted by molar-refractivity contribution is -0.160. The summed E-state index contributed by atoms with van der Waals surface area (Å²) in [5, 5.41) is 10.1. The predicted molar refractivity (Wildman–Crippen MR) is 88.2 cm³/mol. The Morgan fingerprint density at radius 3 is 2.16 bits per heavy atom. The topological polar surface area (TPSA) is 99.8 Å². The first kappa shape index (κ1) is 18.3. The minimum absolute atomic E-state index is 0.0228. The van der Waals surface area contributed by atoms with E-state index >= 15 is 0 Å². The molecule has 0 bridgehead atoms. The van der Waals surface area contributed by atoms with E-state index in [0.29, 0.717) is 4.57 Å². The molecule has 8 heteroatoms. The van der Waals surface area contributed by atoms with Crippen LogP contribution in [0.15, 0.2) is 41.3 Å². The van der Waals surface area contributed by atoms with Crippen molar-refractivity contribution >= 4 is 11.9 Å². The molecule has 0 aliphatic rings. The largest absolute Gasteiger partial charge is 0.493 e. The first-order valence-electron chi connectivity index (χ1n) is 7.87. The number of carbonyl (C=O) groups is 2. The Labute approximate surface area is 144 Å². The lowest BCUT2D eigenvalue weighted by Crippen LogP contribution is -2.38. The Morgan fingerprint density at radius 2 is 1.64 bits per heavy atom. The second-order valence-corrected chi connectivity index (χ2v) is 5.16. The highest BCUT2D eigenvalue weighted by molar-refractivity contribution is 5.97. The summed E-state index contributed by atoms with van der Waals surface area (Å²) >= 11 is 0. The summed E-state index contributed by atoms with van der Waals surface area (Å²) in [4.78, 5) is 36.9. The number of nitrogens with zero attached hydrogens (tertiary/aromatic N) is 2. The monoisotopic (exact) mass is 348 g/mol. The number of rotatable bonds is 7. The lowest BCUT2D eigenvalue weighted by atomic mass is 10.2. The number of ether oxygens (including phenoxy) is 2. The van der Waals surface area contributed by atoms with Crippen LogP contribution in [0.3, 0.4) is 0 Å². The molecule has 1 heterocycles. The molecule has 0 spiro atoms. The zero-order valence-corrected chi connectivity index (χ0v) is 14.0. The van der Waals surface area contributed by atoms with Gasteiger partial charge in [0.25, 0.3) is 0 Å². The van der Waals surface area contributed by atoms with Crippen molar-refractivity contribution < 1.29 is 24.2 Å². The van der Waals surface area contributed by atoms with Gasteiger partial charge in [-0.15, -0.1) is 0 Å². The number of aromatic nitrogens is 2. The van der Waals surface area contributed by atoms with Gasteiger partial charge in [-0.2, -0.15) is 0 Å². The Kier molecular flexibility index (Phi) is 5.99. The van der Waals surface area contributed by atoms with Gasteiger partial charge in [-0.1, -0.05) is 30.3 Å². The van der Waals surface area contributed by atoms with E-state index in [-0.39, 0.29) is 19.8 Å². The van der Waals surface area contributed by atoms with Crippen molar-refractivity contribution in [3.05, 3.63) is 52.6 Å². The number of hydrogen-bond acceptors (Lipinski definition) is 6. The van der Waals surface area contributed by atoms with E-state index in [1.165, 1.54) is 10.8 Å². The molecule has 0 radical (unpaired) electrons. The zero-order chi connectivity index (χ0) is 18.4. The highest BCUT2D eigenvalue weighted by atomic mass is 16.6. The third-order valence-corrected chi connectivity index (χ3v) is 3.44. The minimum Gasteiger partial charge on any atom is -0.493 e. The Balaban J connectivity index is 2.42. The Morgan fingerprint density at radius 1 is 1.08 bits per heavy atom. The highest BCUT2D eigenvalue weighted by Gasteiger charge is 2.35. The van der Waals surface area contributed by atoms with Gasteiger partial charge in [0.05, 0.1) is 26.0 Å². The van der Waals surface area contributed by atoms with E-state index in [1.54, 1.807) is 13.8 Å². The van der Waals surface area contributed by atoms with Crippen molar-refractivity contribution in [2.45, 2.75) is 26.4 Å². The normalized spacial score (nSPS) is 10.7. The number of imidazole rings is 1. The minimum atomic E-state index is -1.69. The molecule has 0 aliphatic heterocycles. The van der Waals surface area contributed by atoms with E-state index in [9.17, 15) is 19.5 Å². The fourth-order valence-corrected chi connectivity index (χ4v) is 2.38. The second-order valence-electron chi connectivity index (χ2n) is 5.16. The molecule has 0 saturated heterocycles. The van der Waals surface area contributed by atoms with Crippen molar-refractivity contribution in [2.75, 3.05) is 13.2 Å².